The number of nitrogens with zero attached hydrogens (tertiary/aromatic N) is 1. The van der Waals surface area contributed by atoms with Crippen LogP contribution in [-0.4, -0.2) is 0 Å². The van der Waals surface area contributed by atoms with Crippen molar-refractivity contribution in [3.05, 3.63) is 46.0 Å². The summed E-state index contributed by atoms with van der Waals surface area (Å²) < 4.78 is 12.7. The van der Waals surface area contributed by atoms with Crippen molar-refractivity contribution in [3.63, 3.8) is 0 Å². The highest BCUT2D eigenvalue weighted by Crippen LogP contribution is 2.21. The van der Waals surface area contributed by atoms with E-state index in [0.717, 1.165) is 0 Å². The van der Waals surface area contributed by atoms with Crippen molar-refractivity contribution < 1.29 is 4.39 Å². The zero-order valence-corrected chi connectivity index (χ0v) is 7.27. The molecule has 1 aromatic rings. The smallest absolute Gasteiger partial charge is 0.246 e. The van der Waals surface area contributed by atoms with Crippen LogP contribution in [0, 0.1) is 12.4 Å². The summed E-state index contributed by atoms with van der Waals surface area (Å²) in [6.45, 7) is 8.45. The molecule has 62 valence electrons. The van der Waals surface area contributed by atoms with Gasteiger partial charge in [-0.25, -0.2) is 11.0 Å². The Morgan fingerprint density at radius 3 is 2.67 bits per heavy atom. The van der Waals surface area contributed by atoms with Crippen LogP contribution in [0.5, 0.6) is 0 Å². The minimum Gasteiger partial charge on any atom is -0.309 e. The lowest BCUT2D eigenvalue weighted by atomic mass is 10.1. The quantitative estimate of drug-likeness (QED) is 0.588. The van der Waals surface area contributed by atoms with Gasteiger partial charge in [0.15, 0.2) is 0 Å². The third-order valence-corrected chi connectivity index (χ3v) is 1.78. The van der Waals surface area contributed by atoms with Crippen molar-refractivity contribution in [2.45, 2.75) is 13.0 Å². The van der Waals surface area contributed by atoms with Crippen LogP contribution >= 0.6 is 11.6 Å². The molecule has 1 unspecified atom stereocenters. The molecule has 12 heavy (non-hydrogen) atoms. The molecule has 0 amide bonds. The summed E-state index contributed by atoms with van der Waals surface area (Å²) >= 11 is 5.61. The minimum absolute atomic E-state index is 0.334. The molecule has 0 aromatic heterocycles. The average Bonchev–Trinajstić information content (AvgIpc) is 2.01. The number of hydrogen-bond donors (Lipinski definition) is 0. The van der Waals surface area contributed by atoms with E-state index in [2.05, 4.69) is 4.85 Å². The van der Waals surface area contributed by atoms with E-state index in [1.165, 1.54) is 12.1 Å². The Balaban J connectivity index is 3.10. The lowest BCUT2D eigenvalue weighted by molar-refractivity contribution is 0.624. The summed E-state index contributed by atoms with van der Waals surface area (Å²) in [5, 5.41) is 0.334. The topological polar surface area (TPSA) is 4.36 Å². The summed E-state index contributed by atoms with van der Waals surface area (Å²) in [6, 6.07) is 3.82. The Morgan fingerprint density at radius 1 is 1.50 bits per heavy atom. The molecule has 1 atom stereocenters. The molecular formula is C9H7ClFN. The Bertz CT molecular complexity index is 310. The van der Waals surface area contributed by atoms with E-state index in [1.54, 1.807) is 13.0 Å². The van der Waals surface area contributed by atoms with Gasteiger partial charge in [-0.15, -0.1) is 0 Å². The van der Waals surface area contributed by atoms with Gasteiger partial charge in [-0.05, 0) is 18.2 Å². The number of rotatable bonds is 1. The Morgan fingerprint density at radius 2 is 2.17 bits per heavy atom. The highest BCUT2D eigenvalue weighted by Gasteiger charge is 2.10. The molecule has 1 rings (SSSR count). The Hall–Kier alpha value is -1.07. The SMILES string of the molecule is [C-]#[N+]C(C)c1cc(F)cc(Cl)c1. The summed E-state index contributed by atoms with van der Waals surface area (Å²) in [5.41, 5.74) is 0.620. The molecule has 0 aliphatic heterocycles. The fraction of sp³-hybridized carbons (Fsp3) is 0.222. The van der Waals surface area contributed by atoms with E-state index in [1.807, 2.05) is 0 Å². The second-order valence-electron chi connectivity index (χ2n) is 2.51. The van der Waals surface area contributed by atoms with Gasteiger partial charge in [0.2, 0.25) is 6.04 Å². The molecule has 3 heteroatoms. The predicted octanol–water partition coefficient (Wildman–Crippen LogP) is 3.46. The average molecular weight is 184 g/mol. The van der Waals surface area contributed by atoms with E-state index >= 15 is 0 Å². The third kappa shape index (κ3) is 1.96. The van der Waals surface area contributed by atoms with Gasteiger partial charge in [0.1, 0.15) is 5.82 Å². The molecule has 0 radical (unpaired) electrons. The maximum Gasteiger partial charge on any atom is 0.246 e. The highest BCUT2D eigenvalue weighted by molar-refractivity contribution is 6.30. The molecular weight excluding hydrogens is 177 g/mol. The van der Waals surface area contributed by atoms with Gasteiger partial charge >= 0.3 is 0 Å². The van der Waals surface area contributed by atoms with Crippen LogP contribution in [0.25, 0.3) is 4.85 Å². The zero-order chi connectivity index (χ0) is 9.14. The fourth-order valence-corrected chi connectivity index (χ4v) is 1.12. The molecule has 0 N–H and O–H groups in total. The van der Waals surface area contributed by atoms with Crippen molar-refractivity contribution in [3.8, 4) is 0 Å². The molecule has 1 aromatic carbocycles. The first-order chi connectivity index (χ1) is 5.63. The van der Waals surface area contributed by atoms with E-state index in [9.17, 15) is 4.39 Å². The van der Waals surface area contributed by atoms with Crippen molar-refractivity contribution in [2.75, 3.05) is 0 Å². The number of halogens is 2. The maximum absolute atomic E-state index is 12.7. The van der Waals surface area contributed by atoms with Crippen LogP contribution in [0.1, 0.15) is 18.5 Å². The molecule has 0 aliphatic rings. The molecule has 0 saturated heterocycles. The summed E-state index contributed by atoms with van der Waals surface area (Å²) in [6.07, 6.45) is 0. The van der Waals surface area contributed by atoms with E-state index in [4.69, 9.17) is 18.2 Å². The van der Waals surface area contributed by atoms with Crippen molar-refractivity contribution in [1.82, 2.24) is 0 Å². The first kappa shape index (κ1) is 9.02. The first-order valence-electron chi connectivity index (χ1n) is 3.46. The van der Waals surface area contributed by atoms with E-state index < -0.39 is 5.82 Å². The normalized spacial score (nSPS) is 12.2. The van der Waals surface area contributed by atoms with Crippen LogP contribution in [0.15, 0.2) is 18.2 Å². The van der Waals surface area contributed by atoms with E-state index in [0.29, 0.717) is 10.6 Å². The minimum atomic E-state index is -0.395. The molecule has 0 saturated carbocycles. The Labute approximate surface area is 75.6 Å². The monoisotopic (exact) mass is 183 g/mol. The summed E-state index contributed by atoms with van der Waals surface area (Å²) in [5.74, 6) is -0.395. The molecule has 0 spiro atoms. The predicted molar refractivity (Wildman–Crippen MR) is 46.4 cm³/mol. The Kier molecular flexibility index (Phi) is 2.67. The standard InChI is InChI=1S/C9H7ClFN/c1-6(12-2)7-3-8(10)5-9(11)4-7/h3-6H,1H3. The second kappa shape index (κ2) is 3.55. The zero-order valence-electron chi connectivity index (χ0n) is 6.51. The molecule has 0 fully saturated rings. The highest BCUT2D eigenvalue weighted by atomic mass is 35.5. The summed E-state index contributed by atoms with van der Waals surface area (Å²) in [4.78, 5) is 3.27. The van der Waals surface area contributed by atoms with Crippen molar-refractivity contribution >= 4 is 11.6 Å². The van der Waals surface area contributed by atoms with Crippen LogP contribution in [0.3, 0.4) is 0 Å². The van der Waals surface area contributed by atoms with Gasteiger partial charge in [0.05, 0.1) is 0 Å². The van der Waals surface area contributed by atoms with Crippen LogP contribution < -0.4 is 0 Å². The summed E-state index contributed by atoms with van der Waals surface area (Å²) in [7, 11) is 0. The maximum atomic E-state index is 12.7. The van der Waals surface area contributed by atoms with Gasteiger partial charge in [-0.2, -0.15) is 0 Å². The van der Waals surface area contributed by atoms with Crippen molar-refractivity contribution in [1.29, 1.82) is 0 Å². The van der Waals surface area contributed by atoms with Crippen LogP contribution in [0.2, 0.25) is 5.02 Å². The molecule has 0 aliphatic carbocycles. The second-order valence-corrected chi connectivity index (χ2v) is 2.94. The van der Waals surface area contributed by atoms with Crippen molar-refractivity contribution in [2.24, 2.45) is 0 Å². The van der Waals surface area contributed by atoms with Gasteiger partial charge in [-0.3, -0.25) is 0 Å². The number of benzene rings is 1. The first-order valence-corrected chi connectivity index (χ1v) is 3.84. The van der Waals surface area contributed by atoms with Gasteiger partial charge in [-0.1, -0.05) is 11.6 Å². The van der Waals surface area contributed by atoms with E-state index in [-0.39, 0.29) is 6.04 Å². The van der Waals surface area contributed by atoms with Crippen LogP contribution in [0.4, 0.5) is 4.39 Å². The lowest BCUT2D eigenvalue weighted by Crippen LogP contribution is -1.88. The van der Waals surface area contributed by atoms with Gasteiger partial charge in [0.25, 0.3) is 0 Å². The van der Waals surface area contributed by atoms with Gasteiger partial charge < -0.3 is 4.85 Å². The third-order valence-electron chi connectivity index (χ3n) is 1.56. The fourth-order valence-electron chi connectivity index (χ4n) is 0.891. The largest absolute Gasteiger partial charge is 0.309 e. The molecule has 1 nitrogen and oxygen atoms in total. The van der Waals surface area contributed by atoms with Crippen LogP contribution in [-0.2, 0) is 0 Å². The number of hydrogen-bond acceptors (Lipinski definition) is 0. The molecule has 0 bridgehead atoms. The lowest BCUT2D eigenvalue weighted by Gasteiger charge is -2.00. The molecule has 0 heterocycles. The van der Waals surface area contributed by atoms with Gasteiger partial charge in [0, 0.05) is 17.5 Å².